The van der Waals surface area contributed by atoms with Crippen molar-refractivity contribution < 1.29 is 60.4 Å². The molecular formula is C49H80B2O13S. The third kappa shape index (κ3) is 20.8. The minimum absolute atomic E-state index is 0.0555. The average molecular weight is 931 g/mol. The minimum Gasteiger partial charge on any atom is -0.508 e. The second-order valence-electron chi connectivity index (χ2n) is 17.9. The summed E-state index contributed by atoms with van der Waals surface area (Å²) < 4.78 is 73.6. The Morgan fingerprint density at radius 1 is 0.523 bits per heavy atom. The molecule has 0 amide bonds. The standard InChI is InChI=1S/C18H29BO4.C13H20O4S.C12H17BO3.C6H14O2/c1-6-7-12-20-13-14-21-16-10-8-15(9-11-16)19-22-17(2,3)18(4,5)23-19;1-3-4-9-16-10-11-17-18(14,15)13-7-5-12(2)6-8-13;1-11(2)12(3,4)16-13(15-11)9-5-7-10(14)8-6-9;1-2-3-5-8-6-4-7/h8-11H,6-7,12-14H2,1-5H3;5-8H,3-4,9-11H2,1-2H3;5-8,14H,1-4H3;7H,2-6H2,1H3. The van der Waals surface area contributed by atoms with E-state index in [2.05, 4.69) is 48.5 Å². The molecule has 65 heavy (non-hydrogen) atoms. The van der Waals surface area contributed by atoms with E-state index < -0.39 is 10.1 Å². The van der Waals surface area contributed by atoms with Gasteiger partial charge in [-0.05, 0) is 129 Å². The molecule has 0 bridgehead atoms. The molecule has 2 N–H and O–H groups in total. The number of benzene rings is 3. The summed E-state index contributed by atoms with van der Waals surface area (Å²) in [6.07, 6.45) is 6.54. The molecule has 13 nitrogen and oxygen atoms in total. The lowest BCUT2D eigenvalue weighted by atomic mass is 9.79. The number of ether oxygens (including phenoxy) is 4. The van der Waals surface area contributed by atoms with Crippen LogP contribution in [0.2, 0.25) is 0 Å². The van der Waals surface area contributed by atoms with Gasteiger partial charge in [0, 0.05) is 19.8 Å². The first-order chi connectivity index (χ1) is 30.6. The van der Waals surface area contributed by atoms with E-state index >= 15 is 0 Å². The summed E-state index contributed by atoms with van der Waals surface area (Å²) in [7, 11) is -4.33. The fraction of sp³-hybridized carbons (Fsp3) is 0.633. The lowest BCUT2D eigenvalue weighted by Gasteiger charge is -2.32. The minimum atomic E-state index is -3.65. The summed E-state index contributed by atoms with van der Waals surface area (Å²) in [5.41, 5.74) is 1.67. The van der Waals surface area contributed by atoms with Gasteiger partial charge in [0.25, 0.3) is 10.1 Å². The van der Waals surface area contributed by atoms with Gasteiger partial charge in [-0.1, -0.05) is 82.0 Å². The van der Waals surface area contributed by atoms with E-state index in [1.54, 1.807) is 36.4 Å². The first kappa shape index (κ1) is 58.1. The largest absolute Gasteiger partial charge is 0.508 e. The van der Waals surface area contributed by atoms with Gasteiger partial charge in [0.2, 0.25) is 0 Å². The average Bonchev–Trinajstić information content (AvgIpc) is 3.62. The first-order valence-electron chi connectivity index (χ1n) is 23.2. The number of aliphatic hydroxyl groups excluding tert-OH is 1. The second-order valence-corrected chi connectivity index (χ2v) is 19.5. The molecular weight excluding hydrogens is 850 g/mol. The number of rotatable bonds is 22. The summed E-state index contributed by atoms with van der Waals surface area (Å²) in [5.74, 6) is 1.09. The highest BCUT2D eigenvalue weighted by molar-refractivity contribution is 7.86. The monoisotopic (exact) mass is 931 g/mol. The quantitative estimate of drug-likeness (QED) is 0.0565. The molecule has 2 saturated heterocycles. The Labute approximate surface area is 392 Å². The Bertz CT molecular complexity index is 1780. The summed E-state index contributed by atoms with van der Waals surface area (Å²) in [4.78, 5) is 0.182. The Balaban J connectivity index is 0.000000313. The van der Waals surface area contributed by atoms with Crippen LogP contribution in [0.3, 0.4) is 0 Å². The second kappa shape index (κ2) is 29.0. The molecule has 3 aromatic carbocycles. The third-order valence-electron chi connectivity index (χ3n) is 11.3. The Morgan fingerprint density at radius 3 is 1.31 bits per heavy atom. The van der Waals surface area contributed by atoms with Crippen LogP contribution in [0.15, 0.2) is 77.7 Å². The first-order valence-corrected chi connectivity index (χ1v) is 24.6. The molecule has 2 fully saturated rings. The lowest BCUT2D eigenvalue weighted by molar-refractivity contribution is 0.00578. The van der Waals surface area contributed by atoms with E-state index in [9.17, 15) is 13.5 Å². The molecule has 2 aliphatic rings. The number of unbranched alkanes of at least 4 members (excludes halogenated alkanes) is 3. The van der Waals surface area contributed by atoms with E-state index in [0.717, 1.165) is 74.0 Å². The lowest BCUT2D eigenvalue weighted by Crippen LogP contribution is -2.41. The molecule has 0 aromatic heterocycles. The van der Waals surface area contributed by atoms with Gasteiger partial charge in [-0.25, -0.2) is 0 Å². The van der Waals surface area contributed by atoms with Crippen LogP contribution in [0.4, 0.5) is 0 Å². The fourth-order valence-corrected chi connectivity index (χ4v) is 6.51. The van der Waals surface area contributed by atoms with Gasteiger partial charge in [0.15, 0.2) is 0 Å². The van der Waals surface area contributed by atoms with Crippen LogP contribution in [-0.4, -0.2) is 115 Å². The van der Waals surface area contributed by atoms with Gasteiger partial charge in [0.05, 0.1) is 60.3 Å². The van der Waals surface area contributed by atoms with Crippen LogP contribution in [0.5, 0.6) is 11.5 Å². The highest BCUT2D eigenvalue weighted by atomic mass is 32.2. The van der Waals surface area contributed by atoms with Crippen molar-refractivity contribution in [2.75, 3.05) is 59.5 Å². The number of aromatic hydroxyl groups is 1. The fourth-order valence-electron chi connectivity index (χ4n) is 5.61. The van der Waals surface area contributed by atoms with Crippen LogP contribution in [0.1, 0.15) is 120 Å². The summed E-state index contributed by atoms with van der Waals surface area (Å²) in [6.45, 7) is 29.0. The van der Waals surface area contributed by atoms with Crippen molar-refractivity contribution in [3.63, 3.8) is 0 Å². The molecule has 2 heterocycles. The summed E-state index contributed by atoms with van der Waals surface area (Å²) >= 11 is 0. The maximum atomic E-state index is 11.8. The number of aliphatic hydroxyl groups is 1. The van der Waals surface area contributed by atoms with Gasteiger partial charge < -0.3 is 47.8 Å². The number of aryl methyl sites for hydroxylation is 1. The van der Waals surface area contributed by atoms with Gasteiger partial charge in [-0.15, -0.1) is 0 Å². The van der Waals surface area contributed by atoms with Crippen molar-refractivity contribution in [1.29, 1.82) is 0 Å². The molecule has 0 saturated carbocycles. The predicted molar refractivity (Wildman–Crippen MR) is 260 cm³/mol. The number of phenolic OH excluding ortho intramolecular Hbond substituents is 1. The predicted octanol–water partition coefficient (Wildman–Crippen LogP) is 8.19. The van der Waals surface area contributed by atoms with E-state index in [-0.39, 0.29) is 60.5 Å². The van der Waals surface area contributed by atoms with E-state index in [0.29, 0.717) is 33.0 Å². The maximum Gasteiger partial charge on any atom is 0.494 e. The van der Waals surface area contributed by atoms with Crippen molar-refractivity contribution >= 4 is 35.3 Å². The van der Waals surface area contributed by atoms with Crippen molar-refractivity contribution in [3.05, 3.63) is 78.4 Å². The van der Waals surface area contributed by atoms with Crippen LogP contribution >= 0.6 is 0 Å². The molecule has 5 rings (SSSR count). The normalized spacial score (nSPS) is 16.7. The molecule has 0 unspecified atom stereocenters. The topological polar surface area (TPSA) is 158 Å². The SMILES string of the molecule is CC1(C)OB(c2ccc(O)cc2)OC1(C)C.CCCCOCCO.CCCCOCCOS(=O)(=O)c1ccc(C)cc1.CCCCOCCOc1ccc(B2OC(C)(C)C(C)(C)O2)cc1. The van der Waals surface area contributed by atoms with E-state index in [1.165, 1.54) is 0 Å². The van der Waals surface area contributed by atoms with Crippen molar-refractivity contribution in [2.45, 2.75) is 149 Å². The molecule has 0 atom stereocenters. The van der Waals surface area contributed by atoms with Gasteiger partial charge in [-0.3, -0.25) is 4.18 Å². The van der Waals surface area contributed by atoms with Crippen molar-refractivity contribution in [1.82, 2.24) is 0 Å². The molecule has 16 heteroatoms. The highest BCUT2D eigenvalue weighted by Crippen LogP contribution is 2.37. The number of hydrogen-bond donors (Lipinski definition) is 2. The van der Waals surface area contributed by atoms with Crippen LogP contribution in [0.25, 0.3) is 0 Å². The molecule has 0 aliphatic carbocycles. The summed E-state index contributed by atoms with van der Waals surface area (Å²) in [6, 6.07) is 21.4. The third-order valence-corrected chi connectivity index (χ3v) is 12.6. The summed E-state index contributed by atoms with van der Waals surface area (Å²) in [5, 5.41) is 17.5. The maximum absolute atomic E-state index is 11.8. The highest BCUT2D eigenvalue weighted by Gasteiger charge is 2.52. The van der Waals surface area contributed by atoms with Crippen LogP contribution < -0.4 is 15.7 Å². The smallest absolute Gasteiger partial charge is 0.494 e. The Hall–Kier alpha value is -3.02. The molecule has 2 aliphatic heterocycles. The molecule has 0 spiro atoms. The zero-order valence-corrected chi connectivity index (χ0v) is 42.3. The molecule has 3 aromatic rings. The Kier molecular flexibility index (Phi) is 25.9. The van der Waals surface area contributed by atoms with Gasteiger partial charge in [0.1, 0.15) is 18.1 Å². The molecule has 366 valence electrons. The van der Waals surface area contributed by atoms with E-state index in [4.69, 9.17) is 46.9 Å². The molecule has 0 radical (unpaired) electrons. The van der Waals surface area contributed by atoms with Crippen molar-refractivity contribution in [2.24, 2.45) is 0 Å². The zero-order chi connectivity index (χ0) is 48.6. The van der Waals surface area contributed by atoms with Crippen LogP contribution in [0, 0.1) is 6.92 Å². The number of phenols is 1. The Morgan fingerprint density at radius 2 is 0.908 bits per heavy atom. The zero-order valence-electron chi connectivity index (χ0n) is 41.5. The van der Waals surface area contributed by atoms with E-state index in [1.807, 2.05) is 71.0 Å². The number of hydrogen-bond acceptors (Lipinski definition) is 13. The van der Waals surface area contributed by atoms with Crippen LogP contribution in [-0.2, 0) is 47.1 Å². The van der Waals surface area contributed by atoms with Gasteiger partial charge in [-0.2, -0.15) is 8.42 Å². The van der Waals surface area contributed by atoms with Crippen molar-refractivity contribution in [3.8, 4) is 11.5 Å². The van der Waals surface area contributed by atoms with Gasteiger partial charge >= 0.3 is 14.2 Å².